The zero-order valence-electron chi connectivity index (χ0n) is 17.5. The number of nitrogens with zero attached hydrogens (tertiary/aromatic N) is 3. The molecule has 0 radical (unpaired) electrons. The second-order valence-corrected chi connectivity index (χ2v) is 9.04. The largest absolute Gasteiger partial charge is 0.348 e. The van der Waals surface area contributed by atoms with Gasteiger partial charge in [0.25, 0.3) is 5.91 Å². The van der Waals surface area contributed by atoms with Crippen molar-refractivity contribution >= 4 is 17.5 Å². The average Bonchev–Trinajstić information content (AvgIpc) is 2.90. The van der Waals surface area contributed by atoms with Crippen LogP contribution in [0.15, 0.2) is 24.3 Å². The zero-order chi connectivity index (χ0) is 20.4. The summed E-state index contributed by atoms with van der Waals surface area (Å²) < 4.78 is 1.97. The maximum absolute atomic E-state index is 13.2. The Morgan fingerprint density at radius 3 is 2.48 bits per heavy atom. The first-order chi connectivity index (χ1) is 14.0. The summed E-state index contributed by atoms with van der Waals surface area (Å²) in [5, 5.41) is 8.78. The molecule has 1 aromatic carbocycles. The van der Waals surface area contributed by atoms with Crippen LogP contribution in [0.1, 0.15) is 67.7 Å². The number of carbonyl (C=O) groups is 1. The van der Waals surface area contributed by atoms with Gasteiger partial charge in [-0.15, -0.1) is 0 Å². The van der Waals surface area contributed by atoms with Gasteiger partial charge < -0.3 is 10.2 Å². The molecule has 1 amide bonds. The van der Waals surface area contributed by atoms with Gasteiger partial charge in [-0.1, -0.05) is 18.0 Å². The SMILES string of the molecule is CC(C)N1CCC(NC(=O)c2nn(-c3ccc(Cl)cc3)c3c2CCCCC3)CC1. The molecule has 6 heteroatoms. The first-order valence-electron chi connectivity index (χ1n) is 10.9. The minimum atomic E-state index is -0.0149. The minimum Gasteiger partial charge on any atom is -0.348 e. The Balaban J connectivity index is 1.57. The maximum Gasteiger partial charge on any atom is 0.272 e. The molecule has 0 unspecified atom stereocenters. The fourth-order valence-corrected chi connectivity index (χ4v) is 4.69. The quantitative estimate of drug-likeness (QED) is 0.754. The summed E-state index contributed by atoms with van der Waals surface area (Å²) in [6, 6.07) is 8.51. The summed E-state index contributed by atoms with van der Waals surface area (Å²) in [6.07, 6.45) is 7.36. The summed E-state index contributed by atoms with van der Waals surface area (Å²) >= 11 is 6.07. The van der Waals surface area contributed by atoms with Gasteiger partial charge in [0.1, 0.15) is 0 Å². The molecule has 0 atom stereocenters. The Hall–Kier alpha value is -1.85. The molecule has 5 nitrogen and oxygen atoms in total. The van der Waals surface area contributed by atoms with E-state index in [9.17, 15) is 4.79 Å². The average molecular weight is 415 g/mol. The minimum absolute atomic E-state index is 0.0149. The van der Waals surface area contributed by atoms with Crippen molar-refractivity contribution in [1.29, 1.82) is 0 Å². The molecule has 0 bridgehead atoms. The van der Waals surface area contributed by atoms with Crippen LogP contribution >= 0.6 is 11.6 Å². The maximum atomic E-state index is 13.2. The Morgan fingerprint density at radius 1 is 1.10 bits per heavy atom. The Bertz CT molecular complexity index is 851. The van der Waals surface area contributed by atoms with Crippen LogP contribution in [0.4, 0.5) is 0 Å². The number of halogens is 1. The number of nitrogens with one attached hydrogen (secondary N) is 1. The van der Waals surface area contributed by atoms with E-state index in [1.54, 1.807) is 0 Å². The molecule has 2 aliphatic rings. The lowest BCUT2D eigenvalue weighted by Gasteiger charge is -2.34. The highest BCUT2D eigenvalue weighted by Gasteiger charge is 2.28. The lowest BCUT2D eigenvalue weighted by atomic mass is 10.0. The van der Waals surface area contributed by atoms with E-state index >= 15 is 0 Å². The summed E-state index contributed by atoms with van der Waals surface area (Å²) in [6.45, 7) is 6.55. The summed E-state index contributed by atoms with van der Waals surface area (Å²) in [5.74, 6) is -0.0149. The normalized spacial score (nSPS) is 18.5. The lowest BCUT2D eigenvalue weighted by Crippen LogP contribution is -2.46. The van der Waals surface area contributed by atoms with Gasteiger partial charge in [-0.25, -0.2) is 4.68 Å². The van der Waals surface area contributed by atoms with E-state index in [0.717, 1.165) is 62.9 Å². The van der Waals surface area contributed by atoms with E-state index < -0.39 is 0 Å². The van der Waals surface area contributed by atoms with E-state index in [0.29, 0.717) is 16.8 Å². The third-order valence-electron chi connectivity index (χ3n) is 6.31. The standard InChI is InChI=1S/C23H31ClN4O/c1-16(2)27-14-12-18(13-15-27)25-23(29)22-20-6-4-3-5-7-21(20)28(26-22)19-10-8-17(24)9-11-19/h8-11,16,18H,3-7,12-15H2,1-2H3,(H,25,29). The monoisotopic (exact) mass is 414 g/mol. The summed E-state index contributed by atoms with van der Waals surface area (Å²) in [5.41, 5.74) is 3.90. The number of amides is 1. The van der Waals surface area contributed by atoms with Crippen molar-refractivity contribution in [3.63, 3.8) is 0 Å². The zero-order valence-corrected chi connectivity index (χ0v) is 18.2. The van der Waals surface area contributed by atoms with Crippen LogP contribution < -0.4 is 5.32 Å². The van der Waals surface area contributed by atoms with Crippen molar-refractivity contribution in [3.05, 3.63) is 46.2 Å². The fourth-order valence-electron chi connectivity index (χ4n) is 4.57. The highest BCUT2D eigenvalue weighted by Crippen LogP contribution is 2.27. The van der Waals surface area contributed by atoms with Crippen LogP contribution in [0, 0.1) is 0 Å². The Kier molecular flexibility index (Phi) is 6.26. The molecule has 156 valence electrons. The highest BCUT2D eigenvalue weighted by molar-refractivity contribution is 6.30. The second-order valence-electron chi connectivity index (χ2n) is 8.60. The number of fused-ring (bicyclic) bond motifs is 1. The van der Waals surface area contributed by atoms with E-state index in [2.05, 4.69) is 24.1 Å². The predicted octanol–water partition coefficient (Wildman–Crippen LogP) is 4.40. The van der Waals surface area contributed by atoms with Gasteiger partial charge in [-0.3, -0.25) is 4.79 Å². The molecular formula is C23H31ClN4O. The molecule has 0 spiro atoms. The molecule has 1 saturated heterocycles. The molecular weight excluding hydrogens is 384 g/mol. The smallest absolute Gasteiger partial charge is 0.272 e. The molecule has 1 aliphatic heterocycles. The second kappa shape index (κ2) is 8.88. The highest BCUT2D eigenvalue weighted by atomic mass is 35.5. The lowest BCUT2D eigenvalue weighted by molar-refractivity contribution is 0.0894. The molecule has 1 aliphatic carbocycles. The van der Waals surface area contributed by atoms with Crippen LogP contribution in [0.2, 0.25) is 5.02 Å². The summed E-state index contributed by atoms with van der Waals surface area (Å²) in [4.78, 5) is 15.7. The number of carbonyl (C=O) groups excluding carboxylic acids is 1. The number of benzene rings is 1. The van der Waals surface area contributed by atoms with Crippen molar-refractivity contribution < 1.29 is 4.79 Å². The van der Waals surface area contributed by atoms with Gasteiger partial charge in [0, 0.05) is 41.5 Å². The molecule has 1 fully saturated rings. The molecule has 0 saturated carbocycles. The molecule has 29 heavy (non-hydrogen) atoms. The van der Waals surface area contributed by atoms with E-state index in [-0.39, 0.29) is 11.9 Å². The predicted molar refractivity (Wildman–Crippen MR) is 117 cm³/mol. The van der Waals surface area contributed by atoms with Crippen LogP contribution in [0.5, 0.6) is 0 Å². The van der Waals surface area contributed by atoms with Gasteiger partial charge in [0.2, 0.25) is 0 Å². The number of aromatic nitrogens is 2. The summed E-state index contributed by atoms with van der Waals surface area (Å²) in [7, 11) is 0. The Morgan fingerprint density at radius 2 is 1.79 bits per heavy atom. The molecule has 4 rings (SSSR count). The number of rotatable bonds is 4. The number of likely N-dealkylation sites (tertiary alicyclic amines) is 1. The molecule has 2 heterocycles. The van der Waals surface area contributed by atoms with Crippen LogP contribution in [-0.4, -0.2) is 45.8 Å². The topological polar surface area (TPSA) is 50.2 Å². The van der Waals surface area contributed by atoms with Crippen molar-refractivity contribution in [2.24, 2.45) is 0 Å². The third-order valence-corrected chi connectivity index (χ3v) is 6.56. The molecule has 1 aromatic heterocycles. The van der Waals surface area contributed by atoms with E-state index in [1.165, 1.54) is 12.1 Å². The van der Waals surface area contributed by atoms with Crippen molar-refractivity contribution in [3.8, 4) is 5.69 Å². The van der Waals surface area contributed by atoms with Gasteiger partial charge in [-0.05, 0) is 76.6 Å². The number of hydrogen-bond acceptors (Lipinski definition) is 3. The van der Waals surface area contributed by atoms with Crippen LogP contribution in [0.25, 0.3) is 5.69 Å². The van der Waals surface area contributed by atoms with Crippen LogP contribution in [0.3, 0.4) is 0 Å². The number of hydrogen-bond donors (Lipinski definition) is 1. The Labute approximate surface area is 178 Å². The molecule has 1 N–H and O–H groups in total. The first kappa shape index (κ1) is 20.4. The third kappa shape index (κ3) is 4.51. The first-order valence-corrected chi connectivity index (χ1v) is 11.3. The van der Waals surface area contributed by atoms with Crippen molar-refractivity contribution in [1.82, 2.24) is 20.0 Å². The van der Waals surface area contributed by atoms with Gasteiger partial charge in [0.05, 0.1) is 5.69 Å². The fraction of sp³-hybridized carbons (Fsp3) is 0.565. The van der Waals surface area contributed by atoms with Crippen LogP contribution in [-0.2, 0) is 12.8 Å². The van der Waals surface area contributed by atoms with Crippen molar-refractivity contribution in [2.45, 2.75) is 70.9 Å². The van der Waals surface area contributed by atoms with Gasteiger partial charge in [0.15, 0.2) is 5.69 Å². The van der Waals surface area contributed by atoms with Gasteiger partial charge in [-0.2, -0.15) is 5.10 Å². The number of piperidine rings is 1. The molecule has 2 aromatic rings. The van der Waals surface area contributed by atoms with Gasteiger partial charge >= 0.3 is 0 Å². The van der Waals surface area contributed by atoms with E-state index in [1.807, 2.05) is 28.9 Å². The van der Waals surface area contributed by atoms with E-state index in [4.69, 9.17) is 16.7 Å². The van der Waals surface area contributed by atoms with Crippen molar-refractivity contribution in [2.75, 3.05) is 13.1 Å².